The van der Waals surface area contributed by atoms with Crippen LogP contribution < -0.4 is 0 Å². The van der Waals surface area contributed by atoms with Crippen LogP contribution >= 0.6 is 0 Å². The quantitative estimate of drug-likeness (QED) is 0.102. The zero-order valence-corrected chi connectivity index (χ0v) is 19.9. The molecule has 196 valence electrons. The van der Waals surface area contributed by atoms with Crippen molar-refractivity contribution in [3.8, 4) is 28.7 Å². The van der Waals surface area contributed by atoms with E-state index in [1.165, 1.54) is 12.1 Å². The molecule has 1 aliphatic rings. The molecule has 0 radical (unpaired) electrons. The summed E-state index contributed by atoms with van der Waals surface area (Å²) < 4.78 is 81.4. The van der Waals surface area contributed by atoms with E-state index in [9.17, 15) is 31.6 Å². The number of nitrogens with zero attached hydrogens (tertiary/aromatic N) is 6. The van der Waals surface area contributed by atoms with Crippen LogP contribution in [0.5, 0.6) is 0 Å². The Bertz CT molecular complexity index is 1670. The van der Waals surface area contributed by atoms with E-state index >= 15 is 0 Å². The monoisotopic (exact) mass is 546 g/mol. The van der Waals surface area contributed by atoms with Crippen molar-refractivity contribution in [1.29, 1.82) is 5.26 Å². The second-order valence-electron chi connectivity index (χ2n) is 8.43. The minimum absolute atomic E-state index is 0.0216. The van der Waals surface area contributed by atoms with E-state index in [4.69, 9.17) is 6.57 Å². The highest BCUT2D eigenvalue weighted by Gasteiger charge is 2.35. The number of alkyl halides is 6. The smallest absolute Gasteiger partial charge is 0.241 e. The fourth-order valence-corrected chi connectivity index (χ4v) is 4.32. The van der Waals surface area contributed by atoms with Gasteiger partial charge in [0.05, 0.1) is 27.6 Å². The van der Waals surface area contributed by atoms with Gasteiger partial charge in [0.15, 0.2) is 5.71 Å². The number of hydrogen-bond acceptors (Lipinski definition) is 5. The van der Waals surface area contributed by atoms with E-state index in [0.717, 1.165) is 36.4 Å². The van der Waals surface area contributed by atoms with Crippen molar-refractivity contribution in [1.82, 2.24) is 9.97 Å². The van der Waals surface area contributed by atoms with E-state index in [1.54, 1.807) is 30.5 Å². The van der Waals surface area contributed by atoms with Gasteiger partial charge in [0.1, 0.15) is 17.1 Å². The Labute approximate surface area is 222 Å². The molecule has 5 rings (SSSR count). The van der Waals surface area contributed by atoms with E-state index < -0.39 is 23.5 Å². The highest BCUT2D eigenvalue weighted by Crippen LogP contribution is 2.39. The van der Waals surface area contributed by atoms with Crippen molar-refractivity contribution in [3.63, 3.8) is 0 Å². The van der Waals surface area contributed by atoms with Gasteiger partial charge in [-0.25, -0.2) is 9.97 Å². The SMILES string of the molecule is [C-]#[N+]/N=C1/c2ccccc2C(=NC#N)c2nc(-c3cccc(C(F)(F)F)c3)c(-c3cccc(C(F)(F)F)c3)nc21. The maximum Gasteiger partial charge on any atom is 0.416 e. The van der Waals surface area contributed by atoms with Gasteiger partial charge < -0.3 is 0 Å². The van der Waals surface area contributed by atoms with Gasteiger partial charge in [-0.05, 0) is 24.3 Å². The first-order chi connectivity index (χ1) is 19.0. The molecule has 0 atom stereocenters. The average molecular weight is 546 g/mol. The van der Waals surface area contributed by atoms with E-state index in [-0.39, 0.29) is 45.3 Å². The van der Waals surface area contributed by atoms with Gasteiger partial charge in [-0.3, -0.25) is 0 Å². The normalized spacial score (nSPS) is 14.8. The number of fused-ring (bicyclic) bond motifs is 2. The maximum absolute atomic E-state index is 13.6. The Morgan fingerprint density at radius 2 is 1.15 bits per heavy atom. The molecule has 4 aromatic rings. The number of nitriles is 1. The largest absolute Gasteiger partial charge is 0.416 e. The lowest BCUT2D eigenvalue weighted by Crippen LogP contribution is -2.25. The lowest BCUT2D eigenvalue weighted by Gasteiger charge is -2.22. The van der Waals surface area contributed by atoms with Gasteiger partial charge in [0.25, 0.3) is 0 Å². The molecule has 1 aliphatic carbocycles. The van der Waals surface area contributed by atoms with Gasteiger partial charge in [-0.15, -0.1) is 4.95 Å². The number of hydrogen-bond donors (Lipinski definition) is 0. The first-order valence-electron chi connectivity index (χ1n) is 11.3. The summed E-state index contributed by atoms with van der Waals surface area (Å²) in [4.78, 5) is 16.0. The zero-order valence-electron chi connectivity index (χ0n) is 19.9. The van der Waals surface area contributed by atoms with Crippen LogP contribution in [0, 0.1) is 18.0 Å². The van der Waals surface area contributed by atoms with Crippen LogP contribution in [-0.2, 0) is 12.4 Å². The molecule has 12 heteroatoms. The van der Waals surface area contributed by atoms with Crippen LogP contribution in [0.1, 0.15) is 33.6 Å². The summed E-state index contributed by atoms with van der Waals surface area (Å²) in [6.07, 6.45) is -7.75. The van der Waals surface area contributed by atoms with E-state index in [1.807, 2.05) is 0 Å². The van der Waals surface area contributed by atoms with E-state index in [0.29, 0.717) is 11.1 Å². The minimum atomic E-state index is -4.71. The molecule has 0 fully saturated rings. The second-order valence-corrected chi connectivity index (χ2v) is 8.43. The third-order valence-electron chi connectivity index (χ3n) is 6.02. The molecule has 0 unspecified atom stereocenters. The Kier molecular flexibility index (Phi) is 6.40. The number of halogens is 6. The molecule has 3 aromatic carbocycles. The van der Waals surface area contributed by atoms with Crippen LogP contribution in [0.2, 0.25) is 0 Å². The Balaban J connectivity index is 1.89. The molecule has 0 aliphatic heterocycles. The predicted molar refractivity (Wildman–Crippen MR) is 133 cm³/mol. The molecule has 1 aromatic heterocycles. The zero-order chi connectivity index (χ0) is 28.7. The molecule has 6 nitrogen and oxygen atoms in total. The minimum Gasteiger partial charge on any atom is -0.241 e. The van der Waals surface area contributed by atoms with Gasteiger partial charge in [0, 0.05) is 22.3 Å². The van der Waals surface area contributed by atoms with Crippen molar-refractivity contribution in [2.45, 2.75) is 12.4 Å². The van der Waals surface area contributed by atoms with Crippen LogP contribution in [0.4, 0.5) is 26.3 Å². The third-order valence-corrected chi connectivity index (χ3v) is 6.02. The summed E-state index contributed by atoms with van der Waals surface area (Å²) >= 11 is 0. The van der Waals surface area contributed by atoms with Crippen LogP contribution in [0.15, 0.2) is 82.9 Å². The Hall–Kier alpha value is -5.36. The third kappa shape index (κ3) is 4.67. The van der Waals surface area contributed by atoms with E-state index in [2.05, 4.69) is 25.0 Å². The van der Waals surface area contributed by atoms with Crippen LogP contribution in [0.3, 0.4) is 0 Å². The maximum atomic E-state index is 13.6. The standard InChI is InChI=1S/C28H12F6N6/c1-36-40-24-20-11-3-2-10-19(20)23(37-14-35)25-26(24)39-22(16-7-5-9-18(13-16)28(32,33)34)21(38-25)15-6-4-8-17(12-15)27(29,30)31/h2-13H/b37-23?,40-24-. The van der Waals surface area contributed by atoms with Gasteiger partial charge in [-0.1, -0.05) is 48.5 Å². The van der Waals surface area contributed by atoms with Crippen molar-refractivity contribution in [2.24, 2.45) is 10.1 Å². The van der Waals surface area contributed by atoms with Crippen LogP contribution in [-0.4, -0.2) is 21.4 Å². The fourth-order valence-electron chi connectivity index (χ4n) is 4.32. The summed E-state index contributed by atoms with van der Waals surface area (Å²) in [7, 11) is 0. The van der Waals surface area contributed by atoms with Crippen molar-refractivity contribution < 1.29 is 26.3 Å². The number of rotatable bonds is 2. The molecule has 0 saturated carbocycles. The van der Waals surface area contributed by atoms with Gasteiger partial charge >= 0.3 is 12.4 Å². The fraction of sp³-hybridized carbons (Fsp3) is 0.0714. The highest BCUT2D eigenvalue weighted by molar-refractivity contribution is 6.30. The molecule has 40 heavy (non-hydrogen) atoms. The molecule has 0 amide bonds. The summed E-state index contributed by atoms with van der Waals surface area (Å²) in [5, 5.41) is 13.2. The predicted octanol–water partition coefficient (Wildman–Crippen LogP) is 7.15. The first-order valence-corrected chi connectivity index (χ1v) is 11.3. The summed E-state index contributed by atoms with van der Waals surface area (Å²) in [5.74, 6) is 0. The summed E-state index contributed by atoms with van der Waals surface area (Å²) in [6.45, 7) is 7.30. The topological polar surface area (TPSA) is 78.6 Å². The molecule has 0 N–H and O–H groups in total. The molecule has 0 spiro atoms. The second kappa shape index (κ2) is 9.75. The molecule has 0 saturated heterocycles. The lowest BCUT2D eigenvalue weighted by atomic mass is 9.87. The molecular weight excluding hydrogens is 534 g/mol. The van der Waals surface area contributed by atoms with Gasteiger partial charge in [0.2, 0.25) is 6.19 Å². The van der Waals surface area contributed by atoms with Gasteiger partial charge in [-0.2, -0.15) is 43.2 Å². The molecular formula is C28H12F6N6. The highest BCUT2D eigenvalue weighted by atomic mass is 19.4. The number of aliphatic imine (C=N–C) groups is 1. The van der Waals surface area contributed by atoms with Crippen molar-refractivity contribution >= 4 is 11.4 Å². The summed E-state index contributed by atoms with van der Waals surface area (Å²) in [5.41, 5.74) is -1.90. The van der Waals surface area contributed by atoms with Crippen LogP contribution in [0.25, 0.3) is 27.5 Å². The average Bonchev–Trinajstić information content (AvgIpc) is 2.93. The number of aromatic nitrogens is 2. The Morgan fingerprint density at radius 3 is 1.60 bits per heavy atom. The summed E-state index contributed by atoms with van der Waals surface area (Å²) in [6, 6.07) is 14.7. The Morgan fingerprint density at radius 1 is 0.675 bits per heavy atom. The van der Waals surface area contributed by atoms with Crippen molar-refractivity contribution in [3.05, 3.63) is 118 Å². The number of benzene rings is 3. The molecule has 0 bridgehead atoms. The lowest BCUT2D eigenvalue weighted by molar-refractivity contribution is -0.138. The van der Waals surface area contributed by atoms with Crippen molar-refractivity contribution in [2.75, 3.05) is 0 Å². The first kappa shape index (κ1) is 26.3. The molecule has 1 heterocycles.